The number of imidazole rings is 1. The molecule has 0 atom stereocenters. The van der Waals surface area contributed by atoms with Crippen LogP contribution >= 0.6 is 11.8 Å². The lowest BCUT2D eigenvalue weighted by atomic mass is 10.5. The first-order valence-electron chi connectivity index (χ1n) is 3.68. The van der Waals surface area contributed by atoms with Crippen LogP contribution in [0.4, 0.5) is 0 Å². The number of fused-ring (bicyclic) bond motifs is 1. The quantitative estimate of drug-likeness (QED) is 0.529. The Kier molecular flexibility index (Phi) is 1.84. The van der Waals surface area contributed by atoms with Crippen molar-refractivity contribution in [3.63, 3.8) is 0 Å². The molecule has 0 saturated heterocycles. The number of aryl methyl sites for hydroxylation is 1. The van der Waals surface area contributed by atoms with Gasteiger partial charge in [0.05, 0.1) is 6.33 Å². The number of H-pyrrole nitrogens is 1. The van der Waals surface area contributed by atoms with Gasteiger partial charge in [0, 0.05) is 7.05 Å². The van der Waals surface area contributed by atoms with E-state index in [4.69, 9.17) is 0 Å². The topological polar surface area (TPSA) is 63.6 Å². The fourth-order valence-corrected chi connectivity index (χ4v) is 1.68. The lowest BCUT2D eigenvalue weighted by Crippen LogP contribution is -2.20. The van der Waals surface area contributed by atoms with Crippen molar-refractivity contribution >= 4 is 22.9 Å². The number of hydrogen-bond acceptors (Lipinski definition) is 4. The van der Waals surface area contributed by atoms with Crippen molar-refractivity contribution in [1.82, 2.24) is 19.5 Å². The van der Waals surface area contributed by atoms with Gasteiger partial charge in [-0.15, -0.1) is 11.8 Å². The van der Waals surface area contributed by atoms with Gasteiger partial charge in [-0.2, -0.15) is 4.98 Å². The number of hydrogen-bond donors (Lipinski definition) is 1. The second kappa shape index (κ2) is 2.88. The third-order valence-corrected chi connectivity index (χ3v) is 2.51. The van der Waals surface area contributed by atoms with Crippen LogP contribution in [0.1, 0.15) is 0 Å². The van der Waals surface area contributed by atoms with Crippen LogP contribution in [0.15, 0.2) is 16.1 Å². The highest BCUT2D eigenvalue weighted by Gasteiger charge is 2.08. The maximum Gasteiger partial charge on any atom is 0.350 e. The summed E-state index contributed by atoms with van der Waals surface area (Å²) in [6, 6.07) is 0. The van der Waals surface area contributed by atoms with E-state index < -0.39 is 0 Å². The summed E-state index contributed by atoms with van der Waals surface area (Å²) in [7, 11) is 1.66. The van der Waals surface area contributed by atoms with Gasteiger partial charge < -0.3 is 4.98 Å². The lowest BCUT2D eigenvalue weighted by molar-refractivity contribution is 0.817. The number of nitrogens with zero attached hydrogens (tertiary/aromatic N) is 3. The zero-order valence-electron chi connectivity index (χ0n) is 7.24. The predicted octanol–water partition coefficient (Wildman–Crippen LogP) is 0.379. The number of rotatable bonds is 1. The molecule has 0 spiro atoms. The first kappa shape index (κ1) is 8.31. The molecule has 2 rings (SSSR count). The Bertz CT molecular complexity index is 501. The van der Waals surface area contributed by atoms with E-state index >= 15 is 0 Å². The number of aromatic amines is 1. The molecule has 0 aliphatic carbocycles. The molecule has 0 amide bonds. The molecule has 2 aromatic heterocycles. The van der Waals surface area contributed by atoms with Crippen LogP contribution in [0.3, 0.4) is 0 Å². The second-order valence-electron chi connectivity index (χ2n) is 2.56. The van der Waals surface area contributed by atoms with E-state index in [0.29, 0.717) is 10.7 Å². The molecular weight excluding hydrogens is 188 g/mol. The molecule has 0 radical (unpaired) electrons. The smallest absolute Gasteiger partial charge is 0.341 e. The molecule has 0 saturated carbocycles. The van der Waals surface area contributed by atoms with Crippen LogP contribution in [-0.2, 0) is 7.05 Å². The fraction of sp³-hybridized carbons (Fsp3) is 0.286. The van der Waals surface area contributed by atoms with Gasteiger partial charge in [0.15, 0.2) is 5.65 Å². The van der Waals surface area contributed by atoms with Gasteiger partial charge in [0.2, 0.25) is 0 Å². The van der Waals surface area contributed by atoms with Crippen LogP contribution in [0.25, 0.3) is 11.2 Å². The summed E-state index contributed by atoms with van der Waals surface area (Å²) in [5.41, 5.74) is 1.18. The maximum absolute atomic E-state index is 11.3. The summed E-state index contributed by atoms with van der Waals surface area (Å²) in [6.45, 7) is 0. The molecule has 0 aromatic carbocycles. The average Bonchev–Trinajstić information content (AvgIpc) is 2.60. The molecule has 1 N–H and O–H groups in total. The van der Waals surface area contributed by atoms with Gasteiger partial charge >= 0.3 is 5.69 Å². The summed E-state index contributed by atoms with van der Waals surface area (Å²) in [5.74, 6) is 0. The van der Waals surface area contributed by atoms with E-state index in [2.05, 4.69) is 15.0 Å². The standard InChI is InChI=1S/C7H8N4OS/c1-11-5-4(8-3-9-5)6(13-2)10-7(11)12/h3H,1-2H3,(H,8,9). The van der Waals surface area contributed by atoms with Gasteiger partial charge in [-0.3, -0.25) is 4.57 Å². The monoisotopic (exact) mass is 196 g/mol. The van der Waals surface area contributed by atoms with E-state index in [1.807, 2.05) is 6.26 Å². The van der Waals surface area contributed by atoms with Crippen LogP contribution < -0.4 is 5.69 Å². The van der Waals surface area contributed by atoms with Crippen molar-refractivity contribution in [1.29, 1.82) is 0 Å². The zero-order valence-corrected chi connectivity index (χ0v) is 8.05. The van der Waals surface area contributed by atoms with Crippen LogP contribution in [0.5, 0.6) is 0 Å². The summed E-state index contributed by atoms with van der Waals surface area (Å²) in [4.78, 5) is 22.2. The minimum atomic E-state index is -0.274. The van der Waals surface area contributed by atoms with E-state index in [9.17, 15) is 4.79 Å². The Balaban J connectivity index is 2.95. The van der Waals surface area contributed by atoms with E-state index in [1.165, 1.54) is 16.3 Å². The van der Waals surface area contributed by atoms with E-state index in [0.717, 1.165) is 5.52 Å². The van der Waals surface area contributed by atoms with Crippen LogP contribution in [0, 0.1) is 0 Å². The van der Waals surface area contributed by atoms with Gasteiger partial charge in [0.1, 0.15) is 10.5 Å². The Labute approximate surface area is 78.2 Å². The summed E-state index contributed by atoms with van der Waals surface area (Å²) in [6.07, 6.45) is 3.44. The molecule has 68 valence electrons. The second-order valence-corrected chi connectivity index (χ2v) is 3.36. The summed E-state index contributed by atoms with van der Waals surface area (Å²) in [5, 5.41) is 0.690. The maximum atomic E-state index is 11.3. The number of aromatic nitrogens is 4. The average molecular weight is 196 g/mol. The largest absolute Gasteiger partial charge is 0.350 e. The Morgan fingerprint density at radius 2 is 2.38 bits per heavy atom. The first-order valence-corrected chi connectivity index (χ1v) is 4.90. The SMILES string of the molecule is CSc1nc(=O)n(C)c2nc[nH]c12. The predicted molar refractivity (Wildman–Crippen MR) is 50.9 cm³/mol. The van der Waals surface area contributed by atoms with Crippen molar-refractivity contribution in [3.05, 3.63) is 16.8 Å². The van der Waals surface area contributed by atoms with E-state index in [1.54, 1.807) is 13.4 Å². The molecule has 5 nitrogen and oxygen atoms in total. The molecule has 2 heterocycles. The molecule has 0 fully saturated rings. The van der Waals surface area contributed by atoms with Gasteiger partial charge in [-0.1, -0.05) is 0 Å². The summed E-state index contributed by atoms with van der Waals surface area (Å²) < 4.78 is 1.42. The van der Waals surface area contributed by atoms with Crippen molar-refractivity contribution in [2.45, 2.75) is 5.03 Å². The highest BCUT2D eigenvalue weighted by atomic mass is 32.2. The van der Waals surface area contributed by atoms with Crippen molar-refractivity contribution in [2.75, 3.05) is 6.26 Å². The van der Waals surface area contributed by atoms with Gasteiger partial charge in [-0.05, 0) is 6.26 Å². The number of thioether (sulfide) groups is 1. The van der Waals surface area contributed by atoms with Crippen molar-refractivity contribution in [3.8, 4) is 0 Å². The number of nitrogens with one attached hydrogen (secondary N) is 1. The van der Waals surface area contributed by atoms with Crippen LogP contribution in [0.2, 0.25) is 0 Å². The third-order valence-electron chi connectivity index (χ3n) is 1.83. The van der Waals surface area contributed by atoms with Crippen molar-refractivity contribution < 1.29 is 0 Å². The molecule has 0 aliphatic heterocycles. The Morgan fingerprint density at radius 1 is 1.62 bits per heavy atom. The highest BCUT2D eigenvalue weighted by molar-refractivity contribution is 7.98. The fourth-order valence-electron chi connectivity index (χ4n) is 1.15. The summed E-state index contributed by atoms with van der Waals surface area (Å²) >= 11 is 1.43. The molecule has 0 unspecified atom stereocenters. The molecule has 2 aromatic rings. The minimum absolute atomic E-state index is 0.274. The normalized spacial score (nSPS) is 10.9. The highest BCUT2D eigenvalue weighted by Crippen LogP contribution is 2.18. The zero-order chi connectivity index (χ0) is 9.42. The van der Waals surface area contributed by atoms with Gasteiger partial charge in [-0.25, -0.2) is 9.78 Å². The Hall–Kier alpha value is -1.30. The Morgan fingerprint density at radius 3 is 3.08 bits per heavy atom. The molecular formula is C7H8N4OS. The minimum Gasteiger partial charge on any atom is -0.341 e. The molecule has 0 bridgehead atoms. The van der Waals surface area contributed by atoms with Crippen molar-refractivity contribution in [2.24, 2.45) is 7.05 Å². The molecule has 13 heavy (non-hydrogen) atoms. The first-order chi connectivity index (χ1) is 6.24. The van der Waals surface area contributed by atoms with Gasteiger partial charge in [0.25, 0.3) is 0 Å². The molecule has 6 heteroatoms. The third kappa shape index (κ3) is 1.14. The van der Waals surface area contributed by atoms with E-state index in [-0.39, 0.29) is 5.69 Å². The van der Waals surface area contributed by atoms with Crippen LogP contribution in [-0.4, -0.2) is 25.8 Å². The lowest BCUT2D eigenvalue weighted by Gasteiger charge is -2.00. The molecule has 0 aliphatic rings.